The number of nitrogens with two attached hydrogens (primary N) is 1. The number of anilines is 2. The Morgan fingerprint density at radius 3 is 2.65 bits per heavy atom. The summed E-state index contributed by atoms with van der Waals surface area (Å²) in [7, 11) is -0.515. The fourth-order valence-electron chi connectivity index (χ4n) is 2.24. The smallest absolute Gasteiger partial charge is 0.244 e. The van der Waals surface area contributed by atoms with Crippen LogP contribution in [0.1, 0.15) is 19.3 Å². The standard InChI is InChI=1S/C14H21N3O2S/c1-17(2)20(18,19)13-10-6-9-12(14(13)15)16-11-7-4-3-5-8-11/h3-4,6,9-11,16H,5,7-8,15H2,1-2H3. The first-order chi connectivity index (χ1) is 9.43. The zero-order chi connectivity index (χ0) is 14.8. The second kappa shape index (κ2) is 5.85. The Kier molecular flexibility index (Phi) is 4.35. The Morgan fingerprint density at radius 1 is 1.30 bits per heavy atom. The fraction of sp³-hybridized carbons (Fsp3) is 0.429. The number of nitrogens with zero attached hydrogens (tertiary/aromatic N) is 1. The fourth-order valence-corrected chi connectivity index (χ4v) is 3.27. The van der Waals surface area contributed by atoms with Crippen molar-refractivity contribution in [3.05, 3.63) is 30.4 Å². The van der Waals surface area contributed by atoms with E-state index in [1.165, 1.54) is 24.5 Å². The molecule has 1 unspecified atom stereocenters. The molecule has 0 radical (unpaired) electrons. The molecule has 0 bridgehead atoms. The summed E-state index contributed by atoms with van der Waals surface area (Å²) >= 11 is 0. The van der Waals surface area contributed by atoms with Crippen LogP contribution in [-0.4, -0.2) is 32.9 Å². The first-order valence-electron chi connectivity index (χ1n) is 6.65. The van der Waals surface area contributed by atoms with Crippen molar-refractivity contribution in [3.8, 4) is 0 Å². The zero-order valence-corrected chi connectivity index (χ0v) is 12.7. The minimum Gasteiger partial charge on any atom is -0.396 e. The Balaban J connectivity index is 2.30. The number of benzene rings is 1. The maximum atomic E-state index is 12.2. The van der Waals surface area contributed by atoms with Gasteiger partial charge < -0.3 is 11.1 Å². The van der Waals surface area contributed by atoms with Crippen LogP contribution in [0.25, 0.3) is 0 Å². The van der Waals surface area contributed by atoms with Gasteiger partial charge in [0.15, 0.2) is 0 Å². The van der Waals surface area contributed by atoms with Gasteiger partial charge in [0.25, 0.3) is 0 Å². The molecule has 1 aliphatic rings. The predicted molar refractivity (Wildman–Crippen MR) is 82.1 cm³/mol. The Labute approximate surface area is 120 Å². The van der Waals surface area contributed by atoms with Crippen molar-refractivity contribution >= 4 is 21.4 Å². The summed E-state index contributed by atoms with van der Waals surface area (Å²) in [4.78, 5) is 0.152. The molecule has 0 fully saturated rings. The van der Waals surface area contributed by atoms with Gasteiger partial charge in [-0.3, -0.25) is 0 Å². The summed E-state index contributed by atoms with van der Waals surface area (Å²) in [5, 5.41) is 3.34. The van der Waals surface area contributed by atoms with E-state index in [4.69, 9.17) is 5.73 Å². The van der Waals surface area contributed by atoms with Gasteiger partial charge >= 0.3 is 0 Å². The third kappa shape index (κ3) is 2.96. The number of nitrogens with one attached hydrogen (secondary N) is 1. The SMILES string of the molecule is CN(C)S(=O)(=O)c1cccc(NC2CC=CCC2)c1N. The number of allylic oxidation sites excluding steroid dienone is 1. The van der Waals surface area contributed by atoms with Gasteiger partial charge in [0, 0.05) is 20.1 Å². The zero-order valence-electron chi connectivity index (χ0n) is 11.8. The maximum absolute atomic E-state index is 12.2. The second-order valence-electron chi connectivity index (χ2n) is 5.13. The third-order valence-corrected chi connectivity index (χ3v) is 5.33. The number of hydrogen-bond acceptors (Lipinski definition) is 4. The molecule has 5 nitrogen and oxygen atoms in total. The molecule has 2 rings (SSSR count). The number of rotatable bonds is 4. The Hall–Kier alpha value is -1.53. The average molecular weight is 295 g/mol. The molecule has 0 saturated heterocycles. The van der Waals surface area contributed by atoms with E-state index in [0.717, 1.165) is 19.3 Å². The van der Waals surface area contributed by atoms with Crippen LogP contribution in [0.2, 0.25) is 0 Å². The van der Waals surface area contributed by atoms with Crippen LogP contribution in [0.15, 0.2) is 35.2 Å². The van der Waals surface area contributed by atoms with E-state index in [-0.39, 0.29) is 10.6 Å². The molecule has 1 aliphatic carbocycles. The summed E-state index contributed by atoms with van der Waals surface area (Å²) in [5.74, 6) is 0. The van der Waals surface area contributed by atoms with Crippen LogP contribution in [0.3, 0.4) is 0 Å². The van der Waals surface area contributed by atoms with Crippen LogP contribution in [0.4, 0.5) is 11.4 Å². The molecule has 3 N–H and O–H groups in total. The topological polar surface area (TPSA) is 75.4 Å². The molecule has 0 aromatic heterocycles. The van der Waals surface area contributed by atoms with Crippen molar-refractivity contribution in [2.45, 2.75) is 30.2 Å². The highest BCUT2D eigenvalue weighted by Crippen LogP contribution is 2.29. The van der Waals surface area contributed by atoms with Crippen LogP contribution >= 0.6 is 0 Å². The molecule has 0 amide bonds. The lowest BCUT2D eigenvalue weighted by molar-refractivity contribution is 0.521. The molecule has 0 saturated carbocycles. The van der Waals surface area contributed by atoms with Crippen molar-refractivity contribution in [1.82, 2.24) is 4.31 Å². The lowest BCUT2D eigenvalue weighted by Crippen LogP contribution is -2.25. The summed E-state index contributed by atoms with van der Waals surface area (Å²) in [6.07, 6.45) is 7.30. The molecule has 0 spiro atoms. The van der Waals surface area contributed by atoms with Gasteiger partial charge in [-0.15, -0.1) is 0 Å². The van der Waals surface area contributed by atoms with E-state index in [1.54, 1.807) is 6.07 Å². The quantitative estimate of drug-likeness (QED) is 0.658. The van der Waals surface area contributed by atoms with Crippen LogP contribution in [-0.2, 0) is 10.0 Å². The number of sulfonamides is 1. The highest BCUT2D eigenvalue weighted by molar-refractivity contribution is 7.89. The van der Waals surface area contributed by atoms with Crippen LogP contribution in [0.5, 0.6) is 0 Å². The Morgan fingerprint density at radius 2 is 2.05 bits per heavy atom. The van der Waals surface area contributed by atoms with Crippen LogP contribution in [0, 0.1) is 0 Å². The predicted octanol–water partition coefficient (Wildman–Crippen LogP) is 2.04. The highest BCUT2D eigenvalue weighted by Gasteiger charge is 2.22. The average Bonchev–Trinajstić information content (AvgIpc) is 2.42. The lowest BCUT2D eigenvalue weighted by Gasteiger charge is -2.23. The van der Waals surface area contributed by atoms with Crippen molar-refractivity contribution in [2.75, 3.05) is 25.1 Å². The van der Waals surface area contributed by atoms with Crippen molar-refractivity contribution in [3.63, 3.8) is 0 Å². The molecular weight excluding hydrogens is 274 g/mol. The molecule has 1 aromatic carbocycles. The summed E-state index contributed by atoms with van der Waals surface area (Å²) in [6.45, 7) is 0. The van der Waals surface area contributed by atoms with E-state index in [0.29, 0.717) is 11.7 Å². The summed E-state index contributed by atoms with van der Waals surface area (Å²) in [6, 6.07) is 5.38. The van der Waals surface area contributed by atoms with Gasteiger partial charge in [0.1, 0.15) is 4.90 Å². The molecule has 6 heteroatoms. The molecule has 1 aromatic rings. The van der Waals surface area contributed by atoms with E-state index < -0.39 is 10.0 Å². The molecule has 0 aliphatic heterocycles. The highest BCUT2D eigenvalue weighted by atomic mass is 32.2. The molecule has 0 heterocycles. The lowest BCUT2D eigenvalue weighted by atomic mass is 10.0. The molecular formula is C14H21N3O2S. The Bertz CT molecular complexity index is 609. The third-order valence-electron chi connectivity index (χ3n) is 3.45. The molecule has 20 heavy (non-hydrogen) atoms. The minimum absolute atomic E-state index is 0.152. The monoisotopic (exact) mass is 295 g/mol. The largest absolute Gasteiger partial charge is 0.396 e. The number of hydrogen-bond donors (Lipinski definition) is 2. The number of para-hydroxylation sites is 1. The van der Waals surface area contributed by atoms with Crippen molar-refractivity contribution in [1.29, 1.82) is 0 Å². The van der Waals surface area contributed by atoms with Gasteiger partial charge in [-0.05, 0) is 31.4 Å². The van der Waals surface area contributed by atoms with Gasteiger partial charge in [0.2, 0.25) is 10.0 Å². The van der Waals surface area contributed by atoms with Crippen LogP contribution < -0.4 is 11.1 Å². The normalized spacial score (nSPS) is 19.2. The van der Waals surface area contributed by atoms with E-state index >= 15 is 0 Å². The summed E-state index contributed by atoms with van der Waals surface area (Å²) < 4.78 is 25.6. The minimum atomic E-state index is -3.52. The van der Waals surface area contributed by atoms with E-state index in [2.05, 4.69) is 17.5 Å². The maximum Gasteiger partial charge on any atom is 0.244 e. The second-order valence-corrected chi connectivity index (χ2v) is 7.25. The van der Waals surface area contributed by atoms with E-state index in [9.17, 15) is 8.42 Å². The van der Waals surface area contributed by atoms with Gasteiger partial charge in [-0.2, -0.15) is 0 Å². The van der Waals surface area contributed by atoms with Crippen molar-refractivity contribution in [2.24, 2.45) is 0 Å². The molecule has 1 atom stereocenters. The van der Waals surface area contributed by atoms with Gasteiger partial charge in [0.05, 0.1) is 11.4 Å². The molecule has 110 valence electrons. The van der Waals surface area contributed by atoms with Gasteiger partial charge in [-0.1, -0.05) is 18.2 Å². The first-order valence-corrected chi connectivity index (χ1v) is 8.09. The number of nitrogen functional groups attached to an aromatic ring is 1. The summed E-state index contributed by atoms with van der Waals surface area (Å²) in [5.41, 5.74) is 7.01. The van der Waals surface area contributed by atoms with Gasteiger partial charge in [-0.25, -0.2) is 12.7 Å². The van der Waals surface area contributed by atoms with E-state index in [1.807, 2.05) is 6.07 Å². The van der Waals surface area contributed by atoms with Crippen molar-refractivity contribution < 1.29 is 8.42 Å². The first kappa shape index (κ1) is 14.9.